The van der Waals surface area contributed by atoms with Crippen LogP contribution in [0.1, 0.15) is 0 Å². The molecule has 0 aliphatic carbocycles. The van der Waals surface area contributed by atoms with E-state index >= 15 is 0 Å². The Kier molecular flexibility index (Phi) is 3.40. The van der Waals surface area contributed by atoms with E-state index in [1.807, 2.05) is 22.7 Å². The number of hydrogen-bond donors (Lipinski definition) is 0. The number of rotatable bonds is 1. The zero-order valence-corrected chi connectivity index (χ0v) is 17.7. The molecule has 0 radical (unpaired) electrons. The van der Waals surface area contributed by atoms with Gasteiger partial charge in [-0.25, -0.2) is 0 Å². The first kappa shape index (κ1) is 16.6. The Labute approximate surface area is 181 Å². The summed E-state index contributed by atoms with van der Waals surface area (Å²) in [5, 5.41) is 8.23. The van der Waals surface area contributed by atoms with E-state index in [4.69, 9.17) is 0 Å². The van der Waals surface area contributed by atoms with Crippen LogP contribution in [0.15, 0.2) is 97.1 Å². The number of thiophene rings is 2. The van der Waals surface area contributed by atoms with Crippen LogP contribution in [0.2, 0.25) is 0 Å². The first-order chi connectivity index (χ1) is 14.9. The zero-order valence-electron chi connectivity index (χ0n) is 16.1. The van der Waals surface area contributed by atoms with Gasteiger partial charge in [-0.2, -0.15) is 0 Å². The fourth-order valence-electron chi connectivity index (χ4n) is 4.67. The molecule has 2 heteroatoms. The molecule has 0 nitrogen and oxygen atoms in total. The highest BCUT2D eigenvalue weighted by atomic mass is 32.1. The molecule has 0 bridgehead atoms. The third-order valence-corrected chi connectivity index (χ3v) is 8.41. The first-order valence-corrected chi connectivity index (χ1v) is 11.7. The van der Waals surface area contributed by atoms with Crippen molar-refractivity contribution in [2.24, 2.45) is 0 Å². The maximum absolute atomic E-state index is 2.38. The largest absolute Gasteiger partial charge is 0.135 e. The third-order valence-electron chi connectivity index (χ3n) is 6.07. The highest BCUT2D eigenvalue weighted by Crippen LogP contribution is 2.45. The lowest BCUT2D eigenvalue weighted by Crippen LogP contribution is -1.78. The second-order valence-corrected chi connectivity index (χ2v) is 9.89. The van der Waals surface area contributed by atoms with E-state index in [9.17, 15) is 0 Å². The fourth-order valence-corrected chi connectivity index (χ4v) is 7.03. The summed E-state index contributed by atoms with van der Waals surface area (Å²) in [6.07, 6.45) is 0. The Morgan fingerprint density at radius 3 is 2.13 bits per heavy atom. The number of fused-ring (bicyclic) bond motifs is 9. The summed E-state index contributed by atoms with van der Waals surface area (Å²) >= 11 is 3.82. The lowest BCUT2D eigenvalue weighted by atomic mass is 9.99. The van der Waals surface area contributed by atoms with Gasteiger partial charge < -0.3 is 0 Å². The Hall–Kier alpha value is -3.20. The minimum atomic E-state index is 1.27. The van der Waals surface area contributed by atoms with E-state index < -0.39 is 0 Å². The molecule has 2 aromatic heterocycles. The summed E-state index contributed by atoms with van der Waals surface area (Å²) in [7, 11) is 0. The van der Waals surface area contributed by atoms with E-state index in [1.54, 1.807) is 0 Å². The maximum atomic E-state index is 2.38. The molecule has 0 saturated heterocycles. The molecule has 0 N–H and O–H groups in total. The highest BCUT2D eigenvalue weighted by Gasteiger charge is 2.15. The average Bonchev–Trinajstić information content (AvgIpc) is 3.37. The highest BCUT2D eigenvalue weighted by molar-refractivity contribution is 7.28. The Balaban J connectivity index is 1.68. The number of hydrogen-bond acceptors (Lipinski definition) is 2. The van der Waals surface area contributed by atoms with Crippen molar-refractivity contribution >= 4 is 73.8 Å². The van der Waals surface area contributed by atoms with Crippen molar-refractivity contribution < 1.29 is 0 Å². The Morgan fingerprint density at radius 1 is 0.433 bits per heavy atom. The second-order valence-electron chi connectivity index (χ2n) is 7.76. The van der Waals surface area contributed by atoms with Crippen molar-refractivity contribution in [1.29, 1.82) is 0 Å². The third kappa shape index (κ3) is 2.26. The van der Waals surface area contributed by atoms with Gasteiger partial charge in [0.15, 0.2) is 0 Å². The Morgan fingerprint density at radius 2 is 1.20 bits per heavy atom. The summed E-state index contributed by atoms with van der Waals surface area (Å²) in [5.41, 5.74) is 2.55. The van der Waals surface area contributed by atoms with Gasteiger partial charge in [0.1, 0.15) is 0 Å². The average molecular weight is 417 g/mol. The number of benzene rings is 5. The normalized spacial score (nSPS) is 12.0. The fraction of sp³-hybridized carbons (Fsp3) is 0. The molecule has 0 saturated carbocycles. The summed E-state index contributed by atoms with van der Waals surface area (Å²) in [6, 6.07) is 35.6. The second kappa shape index (κ2) is 6.15. The molecule has 0 spiro atoms. The van der Waals surface area contributed by atoms with Crippen molar-refractivity contribution in [3.63, 3.8) is 0 Å². The summed E-state index contributed by atoms with van der Waals surface area (Å²) in [4.78, 5) is 0. The molecule has 0 fully saturated rings. The van der Waals surface area contributed by atoms with Gasteiger partial charge in [-0.05, 0) is 40.8 Å². The van der Waals surface area contributed by atoms with Gasteiger partial charge in [-0.15, -0.1) is 22.7 Å². The van der Waals surface area contributed by atoms with Gasteiger partial charge in [0, 0.05) is 45.7 Å². The van der Waals surface area contributed by atoms with Gasteiger partial charge in [0.2, 0.25) is 0 Å². The van der Waals surface area contributed by atoms with E-state index in [1.165, 1.54) is 62.2 Å². The quantitative estimate of drug-likeness (QED) is 0.250. The van der Waals surface area contributed by atoms with Crippen LogP contribution in [0.4, 0.5) is 0 Å². The van der Waals surface area contributed by atoms with Crippen molar-refractivity contribution in [3.05, 3.63) is 97.1 Å². The van der Waals surface area contributed by atoms with Crippen LogP contribution in [0, 0.1) is 0 Å². The summed E-state index contributed by atoms with van der Waals surface area (Å²) < 4.78 is 5.49. The molecule has 30 heavy (non-hydrogen) atoms. The molecule has 140 valence electrons. The van der Waals surface area contributed by atoms with E-state index in [2.05, 4.69) is 97.1 Å². The van der Waals surface area contributed by atoms with Crippen LogP contribution in [0.3, 0.4) is 0 Å². The van der Waals surface area contributed by atoms with Crippen LogP contribution in [-0.4, -0.2) is 0 Å². The first-order valence-electron chi connectivity index (χ1n) is 10.1. The van der Waals surface area contributed by atoms with Gasteiger partial charge in [-0.3, -0.25) is 0 Å². The van der Waals surface area contributed by atoms with Crippen LogP contribution >= 0.6 is 22.7 Å². The lowest BCUT2D eigenvalue weighted by Gasteiger charge is -2.05. The lowest BCUT2D eigenvalue weighted by molar-refractivity contribution is 1.66. The van der Waals surface area contributed by atoms with Crippen molar-refractivity contribution in [1.82, 2.24) is 0 Å². The predicted molar refractivity (Wildman–Crippen MR) is 135 cm³/mol. The molecule has 0 aliphatic rings. The summed E-state index contributed by atoms with van der Waals surface area (Å²) in [6.45, 7) is 0. The minimum absolute atomic E-state index is 1.27. The topological polar surface area (TPSA) is 0 Å². The van der Waals surface area contributed by atoms with E-state index in [0.717, 1.165) is 0 Å². The van der Waals surface area contributed by atoms with Crippen LogP contribution in [0.25, 0.3) is 62.2 Å². The van der Waals surface area contributed by atoms with E-state index in [0.29, 0.717) is 0 Å². The molecule has 0 amide bonds. The van der Waals surface area contributed by atoms with Crippen molar-refractivity contribution in [2.75, 3.05) is 0 Å². The molecule has 0 unspecified atom stereocenters. The molecule has 0 atom stereocenters. The standard InChI is InChI=1S/C28H16S2/c1-2-6-17(7-3-1)19-12-14-24-22(16-19)27-25(29-24)15-11-18-10-13-21-20-8-4-5-9-23(20)30-28(21)26(18)27/h1-16H. The van der Waals surface area contributed by atoms with Crippen LogP contribution < -0.4 is 0 Å². The SMILES string of the molecule is c1ccc(-c2ccc3sc4ccc5ccc6c7ccccc7sc6c5c4c3c2)cc1. The molecule has 5 aromatic carbocycles. The predicted octanol–water partition coefficient (Wildman–Crippen LogP) is 9.24. The Bertz CT molecular complexity index is 1730. The van der Waals surface area contributed by atoms with Gasteiger partial charge in [0.05, 0.1) is 0 Å². The molecule has 2 heterocycles. The van der Waals surface area contributed by atoms with E-state index in [-0.39, 0.29) is 0 Å². The van der Waals surface area contributed by atoms with Crippen LogP contribution in [-0.2, 0) is 0 Å². The van der Waals surface area contributed by atoms with Crippen molar-refractivity contribution in [2.45, 2.75) is 0 Å². The summed E-state index contributed by atoms with van der Waals surface area (Å²) in [5.74, 6) is 0. The monoisotopic (exact) mass is 416 g/mol. The smallest absolute Gasteiger partial charge is 0.0440 e. The molecular weight excluding hydrogens is 400 g/mol. The van der Waals surface area contributed by atoms with Gasteiger partial charge in [0.25, 0.3) is 0 Å². The molecule has 7 aromatic rings. The van der Waals surface area contributed by atoms with Gasteiger partial charge in [-0.1, -0.05) is 72.8 Å². The maximum Gasteiger partial charge on any atom is 0.0440 e. The molecule has 7 rings (SSSR count). The molecule has 0 aliphatic heterocycles. The molecular formula is C28H16S2. The minimum Gasteiger partial charge on any atom is -0.135 e. The van der Waals surface area contributed by atoms with Crippen molar-refractivity contribution in [3.8, 4) is 11.1 Å². The van der Waals surface area contributed by atoms with Crippen LogP contribution in [0.5, 0.6) is 0 Å². The zero-order chi connectivity index (χ0) is 19.7. The van der Waals surface area contributed by atoms with Gasteiger partial charge >= 0.3 is 0 Å².